The highest BCUT2D eigenvalue weighted by atomic mass is 32.1. The SMILES string of the molecule is CNCCC(S)CS. The molecule has 0 aliphatic heterocycles. The molecule has 0 aliphatic carbocycles. The van der Waals surface area contributed by atoms with Gasteiger partial charge in [-0.2, -0.15) is 25.3 Å². The lowest BCUT2D eigenvalue weighted by Gasteiger charge is -2.04. The van der Waals surface area contributed by atoms with Crippen LogP contribution in [0.4, 0.5) is 0 Å². The van der Waals surface area contributed by atoms with Crippen molar-refractivity contribution in [1.82, 2.24) is 5.32 Å². The first-order valence-electron chi connectivity index (χ1n) is 2.74. The Balaban J connectivity index is 2.86. The zero-order valence-electron chi connectivity index (χ0n) is 5.09. The maximum atomic E-state index is 4.25. The van der Waals surface area contributed by atoms with Crippen molar-refractivity contribution in [3.8, 4) is 0 Å². The van der Waals surface area contributed by atoms with Crippen molar-refractivity contribution in [2.75, 3.05) is 19.3 Å². The third kappa shape index (κ3) is 4.81. The van der Waals surface area contributed by atoms with Crippen molar-refractivity contribution in [2.45, 2.75) is 11.7 Å². The molecule has 0 aromatic carbocycles. The van der Waals surface area contributed by atoms with Gasteiger partial charge in [0.25, 0.3) is 0 Å². The first-order chi connectivity index (χ1) is 3.81. The summed E-state index contributed by atoms with van der Waals surface area (Å²) in [5.74, 6) is 0.866. The van der Waals surface area contributed by atoms with E-state index in [4.69, 9.17) is 0 Å². The van der Waals surface area contributed by atoms with Crippen molar-refractivity contribution in [2.24, 2.45) is 0 Å². The summed E-state index contributed by atoms with van der Waals surface area (Å²) in [5, 5.41) is 3.50. The third-order valence-corrected chi connectivity index (χ3v) is 2.11. The summed E-state index contributed by atoms with van der Waals surface area (Å²) >= 11 is 8.33. The van der Waals surface area contributed by atoms with E-state index in [9.17, 15) is 0 Å². The molecule has 0 rings (SSSR count). The molecular weight excluding hydrogens is 138 g/mol. The maximum absolute atomic E-state index is 4.25. The zero-order chi connectivity index (χ0) is 6.41. The summed E-state index contributed by atoms with van der Waals surface area (Å²) in [6, 6.07) is 0. The average Bonchev–Trinajstić information content (AvgIpc) is 1.83. The van der Waals surface area contributed by atoms with Crippen LogP contribution in [0, 0.1) is 0 Å². The molecule has 0 aliphatic rings. The molecule has 0 fully saturated rings. The summed E-state index contributed by atoms with van der Waals surface area (Å²) in [7, 11) is 1.94. The molecule has 1 unspecified atom stereocenters. The summed E-state index contributed by atoms with van der Waals surface area (Å²) in [6.07, 6.45) is 1.10. The van der Waals surface area contributed by atoms with Gasteiger partial charge in [-0.15, -0.1) is 0 Å². The van der Waals surface area contributed by atoms with Crippen LogP contribution in [0.3, 0.4) is 0 Å². The van der Waals surface area contributed by atoms with E-state index < -0.39 is 0 Å². The molecule has 3 heteroatoms. The molecule has 0 bridgehead atoms. The van der Waals surface area contributed by atoms with Crippen LogP contribution in [0.5, 0.6) is 0 Å². The van der Waals surface area contributed by atoms with E-state index in [1.165, 1.54) is 0 Å². The van der Waals surface area contributed by atoms with E-state index >= 15 is 0 Å². The molecule has 0 aromatic rings. The number of hydrogen-bond acceptors (Lipinski definition) is 3. The normalized spacial score (nSPS) is 13.9. The zero-order valence-corrected chi connectivity index (χ0v) is 6.88. The Labute approximate surface area is 62.1 Å². The van der Waals surface area contributed by atoms with Crippen molar-refractivity contribution >= 4 is 25.3 Å². The van der Waals surface area contributed by atoms with E-state index in [1.807, 2.05) is 7.05 Å². The van der Waals surface area contributed by atoms with Crippen LogP contribution in [0.15, 0.2) is 0 Å². The van der Waals surface area contributed by atoms with Crippen LogP contribution < -0.4 is 5.32 Å². The first kappa shape index (κ1) is 8.66. The minimum Gasteiger partial charge on any atom is -0.320 e. The van der Waals surface area contributed by atoms with Crippen molar-refractivity contribution < 1.29 is 0 Å². The molecule has 1 nitrogen and oxygen atoms in total. The second kappa shape index (κ2) is 5.79. The lowest BCUT2D eigenvalue weighted by atomic mass is 10.3. The maximum Gasteiger partial charge on any atom is 0.0117 e. The largest absolute Gasteiger partial charge is 0.320 e. The van der Waals surface area contributed by atoms with Gasteiger partial charge in [-0.1, -0.05) is 0 Å². The Hall–Kier alpha value is 0.660. The van der Waals surface area contributed by atoms with E-state index in [0.717, 1.165) is 18.7 Å². The Morgan fingerprint density at radius 3 is 2.62 bits per heavy atom. The number of rotatable bonds is 4. The number of thiol groups is 2. The van der Waals surface area contributed by atoms with Crippen LogP contribution in [-0.2, 0) is 0 Å². The second-order valence-corrected chi connectivity index (χ2v) is 2.82. The van der Waals surface area contributed by atoms with Crippen molar-refractivity contribution in [3.63, 3.8) is 0 Å². The van der Waals surface area contributed by atoms with E-state index in [2.05, 4.69) is 30.6 Å². The van der Waals surface area contributed by atoms with Gasteiger partial charge >= 0.3 is 0 Å². The van der Waals surface area contributed by atoms with E-state index in [0.29, 0.717) is 5.25 Å². The van der Waals surface area contributed by atoms with Gasteiger partial charge in [-0.3, -0.25) is 0 Å². The molecule has 1 atom stereocenters. The molecule has 1 N–H and O–H groups in total. The Morgan fingerprint density at radius 1 is 1.62 bits per heavy atom. The summed E-state index contributed by atoms with van der Waals surface area (Å²) < 4.78 is 0. The standard InChI is InChI=1S/C5H13NS2/c1-6-3-2-5(8)4-7/h5-8H,2-4H2,1H3. The predicted molar refractivity (Wildman–Crippen MR) is 45.2 cm³/mol. The topological polar surface area (TPSA) is 12.0 Å². The fraction of sp³-hybridized carbons (Fsp3) is 1.00. The van der Waals surface area contributed by atoms with Gasteiger partial charge in [0.1, 0.15) is 0 Å². The summed E-state index contributed by atoms with van der Waals surface area (Å²) in [4.78, 5) is 0. The molecule has 0 saturated heterocycles. The van der Waals surface area contributed by atoms with Gasteiger partial charge in [0, 0.05) is 11.0 Å². The van der Waals surface area contributed by atoms with Crippen LogP contribution in [0.25, 0.3) is 0 Å². The van der Waals surface area contributed by atoms with Crippen molar-refractivity contribution in [1.29, 1.82) is 0 Å². The van der Waals surface area contributed by atoms with E-state index in [1.54, 1.807) is 0 Å². The van der Waals surface area contributed by atoms with Gasteiger partial charge in [-0.05, 0) is 20.0 Å². The molecule has 0 heterocycles. The van der Waals surface area contributed by atoms with Gasteiger partial charge in [0.2, 0.25) is 0 Å². The Kier molecular flexibility index (Phi) is 6.27. The smallest absolute Gasteiger partial charge is 0.0117 e. The summed E-state index contributed by atoms with van der Waals surface area (Å²) in [6.45, 7) is 1.04. The third-order valence-electron chi connectivity index (χ3n) is 0.938. The molecule has 50 valence electrons. The van der Waals surface area contributed by atoms with E-state index in [-0.39, 0.29) is 0 Å². The highest BCUT2D eigenvalue weighted by Gasteiger charge is 1.96. The fourth-order valence-electron chi connectivity index (χ4n) is 0.402. The van der Waals surface area contributed by atoms with Gasteiger partial charge < -0.3 is 5.32 Å². The molecule has 0 radical (unpaired) electrons. The molecule has 0 amide bonds. The minimum atomic E-state index is 0.450. The molecule has 0 spiro atoms. The lowest BCUT2D eigenvalue weighted by Crippen LogP contribution is -2.13. The molecule has 0 saturated carbocycles. The first-order valence-corrected chi connectivity index (χ1v) is 3.89. The monoisotopic (exact) mass is 151 g/mol. The molecule has 0 aromatic heterocycles. The Bertz CT molecular complexity index is 49.7. The van der Waals surface area contributed by atoms with Crippen LogP contribution in [-0.4, -0.2) is 24.6 Å². The van der Waals surface area contributed by atoms with Gasteiger partial charge in [-0.25, -0.2) is 0 Å². The minimum absolute atomic E-state index is 0.450. The van der Waals surface area contributed by atoms with Crippen molar-refractivity contribution in [3.05, 3.63) is 0 Å². The Morgan fingerprint density at radius 2 is 2.25 bits per heavy atom. The fourth-order valence-corrected chi connectivity index (χ4v) is 0.714. The highest BCUT2D eigenvalue weighted by Crippen LogP contribution is 2.00. The van der Waals surface area contributed by atoms with Crippen LogP contribution >= 0.6 is 25.3 Å². The van der Waals surface area contributed by atoms with Gasteiger partial charge in [0.15, 0.2) is 0 Å². The highest BCUT2D eigenvalue weighted by molar-refractivity contribution is 7.84. The quantitative estimate of drug-likeness (QED) is 0.506. The molecule has 8 heavy (non-hydrogen) atoms. The van der Waals surface area contributed by atoms with Gasteiger partial charge in [0.05, 0.1) is 0 Å². The van der Waals surface area contributed by atoms with Crippen LogP contribution in [0.1, 0.15) is 6.42 Å². The average molecular weight is 151 g/mol. The van der Waals surface area contributed by atoms with Crippen LogP contribution in [0.2, 0.25) is 0 Å². The number of hydrogen-bond donors (Lipinski definition) is 3. The number of nitrogens with one attached hydrogen (secondary N) is 1. The molecular formula is C5H13NS2. The second-order valence-electron chi connectivity index (χ2n) is 1.73. The lowest BCUT2D eigenvalue weighted by molar-refractivity contribution is 0.727. The predicted octanol–water partition coefficient (Wildman–Crippen LogP) is 0.824. The summed E-state index contributed by atoms with van der Waals surface area (Å²) in [5.41, 5.74) is 0.